The largest absolute Gasteiger partial charge is 0.378 e. The molecule has 4 aliphatic rings. The Morgan fingerprint density at radius 3 is 2.45 bits per heavy atom. The summed E-state index contributed by atoms with van der Waals surface area (Å²) in [6.45, 7) is 5.13. The van der Waals surface area contributed by atoms with Crippen LogP contribution in [0.15, 0.2) is 0 Å². The third-order valence-electron chi connectivity index (χ3n) is 9.14. The van der Waals surface area contributed by atoms with E-state index in [1.807, 2.05) is 7.11 Å². The quantitative estimate of drug-likeness (QED) is 0.611. The minimum atomic E-state index is 0.224. The third kappa shape index (κ3) is 2.06. The molecule has 0 N–H and O–H groups in total. The van der Waals surface area contributed by atoms with Crippen LogP contribution in [0.5, 0.6) is 0 Å². The highest BCUT2D eigenvalue weighted by Crippen LogP contribution is 2.65. The monoisotopic (exact) mass is 304 g/mol. The van der Waals surface area contributed by atoms with Crippen molar-refractivity contribution in [3.8, 4) is 0 Å². The Kier molecular flexibility index (Phi) is 3.68. The smallest absolute Gasteiger partial charge is 0.0712 e. The first-order valence-corrected chi connectivity index (χ1v) is 10.1. The summed E-state index contributed by atoms with van der Waals surface area (Å²) in [5.74, 6) is 2.86. The highest BCUT2D eigenvalue weighted by molar-refractivity contribution is 5.09. The lowest BCUT2D eigenvalue weighted by atomic mass is 9.51. The summed E-state index contributed by atoms with van der Waals surface area (Å²) >= 11 is 0. The van der Waals surface area contributed by atoms with E-state index in [1.165, 1.54) is 70.6 Å². The Balaban J connectivity index is 1.85. The highest BCUT2D eigenvalue weighted by Gasteiger charge is 2.58. The van der Waals surface area contributed by atoms with Crippen LogP contribution in [0.1, 0.15) is 90.9 Å². The molecular formula is C21H36O. The molecule has 4 saturated carbocycles. The first-order valence-electron chi connectivity index (χ1n) is 10.1. The zero-order chi connectivity index (χ0) is 15.4. The first-order chi connectivity index (χ1) is 10.6. The Labute approximate surface area is 137 Å². The van der Waals surface area contributed by atoms with Crippen LogP contribution < -0.4 is 0 Å². The Morgan fingerprint density at radius 1 is 0.909 bits per heavy atom. The van der Waals surface area contributed by atoms with E-state index in [-0.39, 0.29) is 5.60 Å². The van der Waals surface area contributed by atoms with E-state index in [2.05, 4.69) is 13.8 Å². The minimum Gasteiger partial charge on any atom is -0.378 e. The number of hydrogen-bond acceptors (Lipinski definition) is 1. The van der Waals surface area contributed by atoms with Crippen LogP contribution in [0, 0.1) is 28.6 Å². The third-order valence-corrected chi connectivity index (χ3v) is 9.14. The van der Waals surface area contributed by atoms with Gasteiger partial charge in [0.05, 0.1) is 5.60 Å². The topological polar surface area (TPSA) is 9.23 Å². The molecule has 1 heteroatoms. The summed E-state index contributed by atoms with van der Waals surface area (Å²) in [4.78, 5) is 0. The van der Waals surface area contributed by atoms with Gasteiger partial charge in [-0.15, -0.1) is 0 Å². The van der Waals surface area contributed by atoms with Gasteiger partial charge in [-0.1, -0.05) is 33.1 Å². The average molecular weight is 305 g/mol. The molecule has 6 bridgehead atoms. The number of rotatable bonds is 2. The summed E-state index contributed by atoms with van der Waals surface area (Å²) in [7, 11) is 2.03. The molecule has 0 saturated heterocycles. The van der Waals surface area contributed by atoms with Gasteiger partial charge in [-0.3, -0.25) is 0 Å². The van der Waals surface area contributed by atoms with Gasteiger partial charge in [-0.05, 0) is 86.4 Å². The van der Waals surface area contributed by atoms with Crippen molar-refractivity contribution < 1.29 is 4.74 Å². The van der Waals surface area contributed by atoms with Crippen LogP contribution in [-0.4, -0.2) is 12.7 Å². The molecule has 0 aromatic rings. The van der Waals surface area contributed by atoms with E-state index >= 15 is 0 Å². The van der Waals surface area contributed by atoms with E-state index < -0.39 is 0 Å². The molecule has 0 amide bonds. The van der Waals surface area contributed by atoms with Crippen LogP contribution in [0.2, 0.25) is 0 Å². The zero-order valence-electron chi connectivity index (χ0n) is 15.1. The second-order valence-corrected chi connectivity index (χ2v) is 9.66. The summed E-state index contributed by atoms with van der Waals surface area (Å²) in [5, 5.41) is 0. The average Bonchev–Trinajstić information content (AvgIpc) is 2.60. The second kappa shape index (κ2) is 5.23. The molecule has 6 unspecified atom stereocenters. The van der Waals surface area contributed by atoms with Gasteiger partial charge in [0.2, 0.25) is 0 Å². The van der Waals surface area contributed by atoms with Crippen LogP contribution in [-0.2, 0) is 4.74 Å². The summed E-state index contributed by atoms with van der Waals surface area (Å²) < 4.78 is 6.39. The molecule has 22 heavy (non-hydrogen) atoms. The maximum Gasteiger partial charge on any atom is 0.0712 e. The zero-order valence-corrected chi connectivity index (χ0v) is 15.1. The summed E-state index contributed by atoms with van der Waals surface area (Å²) in [6, 6.07) is 0. The number of methoxy groups -OCH3 is 1. The van der Waals surface area contributed by atoms with Crippen molar-refractivity contribution >= 4 is 0 Å². The highest BCUT2D eigenvalue weighted by atomic mass is 16.5. The van der Waals surface area contributed by atoms with Gasteiger partial charge in [-0.2, -0.15) is 0 Å². The van der Waals surface area contributed by atoms with Gasteiger partial charge >= 0.3 is 0 Å². The van der Waals surface area contributed by atoms with Gasteiger partial charge in [0, 0.05) is 7.11 Å². The van der Waals surface area contributed by atoms with Gasteiger partial charge in [0.15, 0.2) is 0 Å². The fraction of sp³-hybridized carbons (Fsp3) is 1.00. The molecule has 4 fully saturated rings. The number of hydrogen-bond donors (Lipinski definition) is 0. The van der Waals surface area contributed by atoms with Crippen LogP contribution >= 0.6 is 0 Å². The van der Waals surface area contributed by atoms with Crippen molar-refractivity contribution in [1.82, 2.24) is 0 Å². The molecular weight excluding hydrogens is 268 g/mol. The SMILES string of the molecule is CCC12CCC3(C)CCCC(OC)(C1)C1CCCC3CC2C1. The molecule has 0 aromatic carbocycles. The lowest BCUT2D eigenvalue weighted by Gasteiger charge is -2.57. The number of fused-ring (bicyclic) bond motifs is 7. The van der Waals surface area contributed by atoms with Gasteiger partial charge < -0.3 is 4.74 Å². The maximum atomic E-state index is 6.39. The second-order valence-electron chi connectivity index (χ2n) is 9.66. The molecule has 0 radical (unpaired) electrons. The van der Waals surface area contributed by atoms with E-state index in [9.17, 15) is 0 Å². The first kappa shape index (κ1) is 15.5. The molecule has 0 aliphatic heterocycles. The molecule has 4 rings (SSSR count). The Hall–Kier alpha value is -0.0400. The normalized spacial score (nSPS) is 54.4. The fourth-order valence-corrected chi connectivity index (χ4v) is 7.50. The van der Waals surface area contributed by atoms with Gasteiger partial charge in [-0.25, -0.2) is 0 Å². The van der Waals surface area contributed by atoms with Crippen LogP contribution in [0.25, 0.3) is 0 Å². The Morgan fingerprint density at radius 2 is 1.68 bits per heavy atom. The molecule has 126 valence electrons. The van der Waals surface area contributed by atoms with E-state index in [1.54, 1.807) is 6.42 Å². The standard InChI is InChI=1S/C21H36O/c1-4-20-12-11-19(2)9-6-10-21(15-20,22-3)17-8-5-7-16(19)13-18(20)14-17/h16-18H,4-15H2,1-3H3. The van der Waals surface area contributed by atoms with Crippen molar-refractivity contribution in [3.05, 3.63) is 0 Å². The van der Waals surface area contributed by atoms with Crippen LogP contribution in [0.4, 0.5) is 0 Å². The molecule has 0 heterocycles. The minimum absolute atomic E-state index is 0.224. The van der Waals surface area contributed by atoms with E-state index in [0.29, 0.717) is 10.8 Å². The molecule has 0 spiro atoms. The fourth-order valence-electron chi connectivity index (χ4n) is 7.50. The lowest BCUT2D eigenvalue weighted by Crippen LogP contribution is -2.53. The molecule has 4 aliphatic carbocycles. The number of ether oxygens (including phenoxy) is 1. The molecule has 0 aromatic heterocycles. The molecule has 1 nitrogen and oxygen atoms in total. The van der Waals surface area contributed by atoms with Crippen molar-refractivity contribution in [3.63, 3.8) is 0 Å². The lowest BCUT2D eigenvalue weighted by molar-refractivity contribution is -0.158. The predicted molar refractivity (Wildman–Crippen MR) is 91.8 cm³/mol. The predicted octanol–water partition coefficient (Wildman–Crippen LogP) is 5.97. The van der Waals surface area contributed by atoms with Crippen molar-refractivity contribution in [2.24, 2.45) is 28.6 Å². The molecule has 6 atom stereocenters. The van der Waals surface area contributed by atoms with Crippen molar-refractivity contribution in [2.75, 3.05) is 7.11 Å². The van der Waals surface area contributed by atoms with Gasteiger partial charge in [0.25, 0.3) is 0 Å². The van der Waals surface area contributed by atoms with Gasteiger partial charge in [0.1, 0.15) is 0 Å². The van der Waals surface area contributed by atoms with Crippen molar-refractivity contribution in [1.29, 1.82) is 0 Å². The van der Waals surface area contributed by atoms with Crippen molar-refractivity contribution in [2.45, 2.75) is 96.5 Å². The maximum absolute atomic E-state index is 6.39. The summed E-state index contributed by atoms with van der Waals surface area (Å²) in [6.07, 6.45) is 17.4. The van der Waals surface area contributed by atoms with E-state index in [0.717, 1.165) is 17.8 Å². The van der Waals surface area contributed by atoms with Crippen LogP contribution in [0.3, 0.4) is 0 Å². The Bertz CT molecular complexity index is 432. The summed E-state index contributed by atoms with van der Waals surface area (Å²) in [5.41, 5.74) is 1.45. The van der Waals surface area contributed by atoms with E-state index in [4.69, 9.17) is 4.74 Å².